The first-order valence-corrected chi connectivity index (χ1v) is 6.59. The molecular formula is C14H22ClNO. The van der Waals surface area contributed by atoms with Crippen LogP contribution in [0.15, 0.2) is 18.2 Å². The predicted molar refractivity (Wildman–Crippen MR) is 75.2 cm³/mol. The first-order chi connectivity index (χ1) is 8.02. The Hall–Kier alpha value is -0.890. The molecule has 17 heavy (non-hydrogen) atoms. The van der Waals surface area contributed by atoms with E-state index in [4.69, 9.17) is 16.3 Å². The van der Waals surface area contributed by atoms with Crippen LogP contribution in [0.4, 0.5) is 5.69 Å². The summed E-state index contributed by atoms with van der Waals surface area (Å²) in [6, 6.07) is 6.09. The summed E-state index contributed by atoms with van der Waals surface area (Å²) in [7, 11) is 0. The summed E-state index contributed by atoms with van der Waals surface area (Å²) in [6.45, 7) is 9.26. The van der Waals surface area contributed by atoms with Crippen molar-refractivity contribution in [2.45, 2.75) is 40.2 Å². The van der Waals surface area contributed by atoms with Crippen LogP contribution in [0.5, 0.6) is 5.75 Å². The van der Waals surface area contributed by atoms with Crippen molar-refractivity contribution in [1.82, 2.24) is 0 Å². The number of hydrogen-bond acceptors (Lipinski definition) is 2. The normalized spacial score (nSPS) is 12.6. The number of nitrogens with one attached hydrogen (secondary N) is 1. The van der Waals surface area contributed by atoms with E-state index < -0.39 is 0 Å². The summed E-state index contributed by atoms with van der Waals surface area (Å²) >= 11 is 6.01. The highest BCUT2D eigenvalue weighted by Gasteiger charge is 2.09. The van der Waals surface area contributed by atoms with Crippen molar-refractivity contribution in [2.75, 3.05) is 11.9 Å². The van der Waals surface area contributed by atoms with Crippen molar-refractivity contribution in [1.29, 1.82) is 0 Å². The molecular weight excluding hydrogens is 234 g/mol. The molecule has 0 saturated heterocycles. The average molecular weight is 256 g/mol. The van der Waals surface area contributed by atoms with Gasteiger partial charge in [0.1, 0.15) is 5.75 Å². The zero-order valence-electron chi connectivity index (χ0n) is 11.1. The van der Waals surface area contributed by atoms with E-state index in [1.807, 2.05) is 25.1 Å². The smallest absolute Gasteiger partial charge is 0.142 e. The Morgan fingerprint density at radius 3 is 2.59 bits per heavy atom. The van der Waals surface area contributed by atoms with Crippen molar-refractivity contribution in [3.05, 3.63) is 23.2 Å². The Bertz CT molecular complexity index is 352. The minimum Gasteiger partial charge on any atom is -0.492 e. The molecule has 2 nitrogen and oxygen atoms in total. The number of benzene rings is 1. The highest BCUT2D eigenvalue weighted by atomic mass is 35.5. The largest absolute Gasteiger partial charge is 0.492 e. The maximum absolute atomic E-state index is 6.01. The number of hydrogen-bond donors (Lipinski definition) is 1. The molecule has 0 amide bonds. The van der Waals surface area contributed by atoms with Crippen molar-refractivity contribution in [3.63, 3.8) is 0 Å². The topological polar surface area (TPSA) is 21.3 Å². The quantitative estimate of drug-likeness (QED) is 0.803. The van der Waals surface area contributed by atoms with Gasteiger partial charge in [-0.3, -0.25) is 0 Å². The molecule has 0 radical (unpaired) electrons. The zero-order chi connectivity index (χ0) is 12.8. The molecule has 1 unspecified atom stereocenters. The summed E-state index contributed by atoms with van der Waals surface area (Å²) in [5.74, 6) is 1.54. The van der Waals surface area contributed by atoms with Crippen LogP contribution in [0.1, 0.15) is 34.1 Å². The van der Waals surface area contributed by atoms with Crippen LogP contribution in [0.3, 0.4) is 0 Å². The lowest BCUT2D eigenvalue weighted by atomic mass is 10.1. The van der Waals surface area contributed by atoms with Gasteiger partial charge in [-0.1, -0.05) is 25.4 Å². The standard InChI is InChI=1S/C14H22ClNO/c1-5-17-14-7-6-12(15)9-13(14)16-11(4)8-10(2)3/h6-7,9-11,16H,5,8H2,1-4H3. The van der Waals surface area contributed by atoms with Crippen molar-refractivity contribution in [3.8, 4) is 5.75 Å². The van der Waals surface area contributed by atoms with E-state index in [1.165, 1.54) is 0 Å². The predicted octanol–water partition coefficient (Wildman–Crippen LogP) is 4.59. The van der Waals surface area contributed by atoms with Gasteiger partial charge in [0.25, 0.3) is 0 Å². The molecule has 1 aromatic rings. The molecule has 1 aromatic carbocycles. The molecule has 0 fully saturated rings. The van der Waals surface area contributed by atoms with Gasteiger partial charge in [-0.25, -0.2) is 0 Å². The third kappa shape index (κ3) is 4.86. The second-order valence-corrected chi connectivity index (χ2v) is 5.18. The monoisotopic (exact) mass is 255 g/mol. The van der Waals surface area contributed by atoms with E-state index in [2.05, 4.69) is 26.1 Å². The van der Waals surface area contributed by atoms with Crippen LogP contribution in [0.2, 0.25) is 5.02 Å². The van der Waals surface area contributed by atoms with E-state index in [0.717, 1.165) is 22.9 Å². The van der Waals surface area contributed by atoms with Crippen molar-refractivity contribution in [2.24, 2.45) is 5.92 Å². The van der Waals surface area contributed by atoms with E-state index in [0.29, 0.717) is 18.6 Å². The summed E-state index contributed by atoms with van der Waals surface area (Å²) in [4.78, 5) is 0. The van der Waals surface area contributed by atoms with Crippen LogP contribution in [-0.4, -0.2) is 12.6 Å². The second-order valence-electron chi connectivity index (χ2n) is 4.75. The van der Waals surface area contributed by atoms with Crippen molar-refractivity contribution >= 4 is 17.3 Å². The Morgan fingerprint density at radius 1 is 1.29 bits per heavy atom. The molecule has 0 saturated carbocycles. The number of anilines is 1. The van der Waals surface area contributed by atoms with Gasteiger partial charge in [0, 0.05) is 11.1 Å². The molecule has 0 aromatic heterocycles. The minimum atomic E-state index is 0.410. The third-order valence-electron chi connectivity index (χ3n) is 2.47. The highest BCUT2D eigenvalue weighted by Crippen LogP contribution is 2.29. The van der Waals surface area contributed by atoms with Gasteiger partial charge in [-0.15, -0.1) is 0 Å². The van der Waals surface area contributed by atoms with Gasteiger partial charge >= 0.3 is 0 Å². The average Bonchev–Trinajstić information content (AvgIpc) is 2.21. The fourth-order valence-electron chi connectivity index (χ4n) is 1.93. The van der Waals surface area contributed by atoms with E-state index >= 15 is 0 Å². The lowest BCUT2D eigenvalue weighted by Gasteiger charge is -2.19. The summed E-state index contributed by atoms with van der Waals surface area (Å²) in [5.41, 5.74) is 0.979. The molecule has 0 heterocycles. The molecule has 0 spiro atoms. The molecule has 0 aliphatic carbocycles. The van der Waals surface area contributed by atoms with Gasteiger partial charge in [-0.05, 0) is 44.4 Å². The maximum atomic E-state index is 6.01. The van der Waals surface area contributed by atoms with Gasteiger partial charge < -0.3 is 10.1 Å². The number of ether oxygens (including phenoxy) is 1. The first-order valence-electron chi connectivity index (χ1n) is 6.21. The van der Waals surface area contributed by atoms with Crippen LogP contribution >= 0.6 is 11.6 Å². The maximum Gasteiger partial charge on any atom is 0.142 e. The van der Waals surface area contributed by atoms with E-state index in [9.17, 15) is 0 Å². The molecule has 96 valence electrons. The molecule has 1 N–H and O–H groups in total. The summed E-state index contributed by atoms with van der Waals surface area (Å²) in [5, 5.41) is 4.19. The van der Waals surface area contributed by atoms with Crippen LogP contribution in [0.25, 0.3) is 0 Å². The van der Waals surface area contributed by atoms with Crippen LogP contribution in [-0.2, 0) is 0 Å². The molecule has 1 atom stereocenters. The fraction of sp³-hybridized carbons (Fsp3) is 0.571. The highest BCUT2D eigenvalue weighted by molar-refractivity contribution is 6.30. The number of rotatable bonds is 6. The fourth-order valence-corrected chi connectivity index (χ4v) is 2.10. The Morgan fingerprint density at radius 2 is 2.00 bits per heavy atom. The van der Waals surface area contributed by atoms with Gasteiger partial charge in [-0.2, -0.15) is 0 Å². The Balaban J connectivity index is 2.76. The minimum absolute atomic E-state index is 0.410. The van der Waals surface area contributed by atoms with E-state index in [1.54, 1.807) is 0 Å². The zero-order valence-corrected chi connectivity index (χ0v) is 11.8. The number of halogens is 1. The van der Waals surface area contributed by atoms with Crippen molar-refractivity contribution < 1.29 is 4.74 Å². The summed E-state index contributed by atoms with van der Waals surface area (Å²) < 4.78 is 5.58. The molecule has 0 aliphatic rings. The van der Waals surface area contributed by atoms with Crippen LogP contribution < -0.4 is 10.1 Å². The first kappa shape index (κ1) is 14.2. The lowest BCUT2D eigenvalue weighted by Crippen LogP contribution is -2.18. The van der Waals surface area contributed by atoms with Gasteiger partial charge in [0.2, 0.25) is 0 Å². The molecule has 3 heteroatoms. The lowest BCUT2D eigenvalue weighted by molar-refractivity contribution is 0.341. The molecule has 0 bridgehead atoms. The van der Waals surface area contributed by atoms with Gasteiger partial charge in [0.05, 0.1) is 12.3 Å². The third-order valence-corrected chi connectivity index (χ3v) is 2.70. The molecule has 0 aliphatic heterocycles. The van der Waals surface area contributed by atoms with E-state index in [-0.39, 0.29) is 0 Å². The molecule has 1 rings (SSSR count). The SMILES string of the molecule is CCOc1ccc(Cl)cc1NC(C)CC(C)C. The Kier molecular flexibility index (Phi) is 5.63. The second kappa shape index (κ2) is 6.75. The van der Waals surface area contributed by atoms with Crippen LogP contribution in [0, 0.1) is 5.92 Å². The van der Waals surface area contributed by atoms with Gasteiger partial charge in [0.15, 0.2) is 0 Å². The summed E-state index contributed by atoms with van der Waals surface area (Å²) in [6.07, 6.45) is 1.12. The Labute approximate surface area is 109 Å².